The second-order valence-corrected chi connectivity index (χ2v) is 4.95. The molecule has 0 spiro atoms. The van der Waals surface area contributed by atoms with Crippen LogP contribution in [0.4, 0.5) is 13.2 Å². The van der Waals surface area contributed by atoms with E-state index < -0.39 is 11.7 Å². The van der Waals surface area contributed by atoms with Crippen LogP contribution in [0, 0.1) is 0 Å². The molecule has 2 unspecified atom stereocenters. The highest BCUT2D eigenvalue weighted by Crippen LogP contribution is 2.37. The molecule has 1 aliphatic rings. The first-order chi connectivity index (χ1) is 8.98. The lowest BCUT2D eigenvalue weighted by Crippen LogP contribution is -2.38. The van der Waals surface area contributed by atoms with Gasteiger partial charge in [0.25, 0.3) is 0 Å². The van der Waals surface area contributed by atoms with Crippen molar-refractivity contribution in [3.63, 3.8) is 0 Å². The van der Waals surface area contributed by atoms with Gasteiger partial charge in [0.05, 0.1) is 5.56 Å². The molecule has 1 aromatic rings. The number of hydrogen-bond acceptors (Lipinski definition) is 2. The van der Waals surface area contributed by atoms with E-state index in [1.54, 1.807) is 6.07 Å². The fourth-order valence-electron chi connectivity index (χ4n) is 2.42. The monoisotopic (exact) mass is 273 g/mol. The van der Waals surface area contributed by atoms with Gasteiger partial charge in [-0.2, -0.15) is 13.2 Å². The van der Waals surface area contributed by atoms with Crippen molar-refractivity contribution in [3.05, 3.63) is 29.8 Å². The normalized spacial score (nSPS) is 24.8. The smallest absolute Gasteiger partial charge is 0.419 e. The Kier molecular flexibility index (Phi) is 4.34. The van der Waals surface area contributed by atoms with E-state index in [-0.39, 0.29) is 17.9 Å². The minimum atomic E-state index is -4.40. The minimum Gasteiger partial charge on any atom is -0.488 e. The fourth-order valence-corrected chi connectivity index (χ4v) is 2.42. The molecule has 19 heavy (non-hydrogen) atoms. The van der Waals surface area contributed by atoms with E-state index in [0.717, 1.165) is 31.7 Å². The third-order valence-corrected chi connectivity index (χ3v) is 3.47. The van der Waals surface area contributed by atoms with E-state index in [9.17, 15) is 13.2 Å². The Morgan fingerprint density at radius 2 is 1.74 bits per heavy atom. The number of para-hydroxylation sites is 1. The second-order valence-electron chi connectivity index (χ2n) is 4.95. The van der Waals surface area contributed by atoms with Crippen LogP contribution in [0.1, 0.15) is 37.7 Å². The highest BCUT2D eigenvalue weighted by molar-refractivity contribution is 5.35. The largest absolute Gasteiger partial charge is 0.488 e. The van der Waals surface area contributed by atoms with Gasteiger partial charge in [0.15, 0.2) is 0 Å². The van der Waals surface area contributed by atoms with Crippen LogP contribution in [0.25, 0.3) is 0 Å². The molecule has 5 heteroatoms. The number of benzene rings is 1. The molecule has 1 aliphatic carbocycles. The van der Waals surface area contributed by atoms with Gasteiger partial charge in [-0.25, -0.2) is 0 Å². The summed E-state index contributed by atoms with van der Waals surface area (Å²) in [4.78, 5) is 0. The SMILES string of the molecule is NC1CCCCCC1Oc1ccccc1C(F)(F)F. The zero-order chi connectivity index (χ0) is 13.9. The summed E-state index contributed by atoms with van der Waals surface area (Å²) in [7, 11) is 0. The van der Waals surface area contributed by atoms with Gasteiger partial charge in [-0.05, 0) is 31.4 Å². The maximum atomic E-state index is 12.9. The zero-order valence-corrected chi connectivity index (χ0v) is 10.6. The van der Waals surface area contributed by atoms with E-state index >= 15 is 0 Å². The van der Waals surface area contributed by atoms with E-state index in [0.29, 0.717) is 6.42 Å². The number of ether oxygens (including phenoxy) is 1. The first-order valence-electron chi connectivity index (χ1n) is 6.57. The Labute approximate surface area is 110 Å². The standard InChI is InChI=1S/C14H18F3NO/c15-14(16,17)10-6-4-5-8-12(10)19-13-9-3-1-2-7-11(13)18/h4-6,8,11,13H,1-3,7,9,18H2. The molecule has 0 saturated heterocycles. The van der Waals surface area contributed by atoms with Gasteiger partial charge >= 0.3 is 6.18 Å². The summed E-state index contributed by atoms with van der Waals surface area (Å²) in [5.74, 6) is -0.114. The lowest BCUT2D eigenvalue weighted by molar-refractivity contribution is -0.139. The number of alkyl halides is 3. The molecule has 1 aromatic carbocycles. The summed E-state index contributed by atoms with van der Waals surface area (Å²) >= 11 is 0. The van der Waals surface area contributed by atoms with Crippen molar-refractivity contribution in [2.75, 3.05) is 0 Å². The lowest BCUT2D eigenvalue weighted by Gasteiger charge is -2.24. The average Bonchev–Trinajstić information content (AvgIpc) is 2.54. The van der Waals surface area contributed by atoms with Crippen molar-refractivity contribution in [1.29, 1.82) is 0 Å². The summed E-state index contributed by atoms with van der Waals surface area (Å²) in [6, 6.07) is 5.12. The van der Waals surface area contributed by atoms with Crippen molar-refractivity contribution in [1.82, 2.24) is 0 Å². The molecule has 106 valence electrons. The van der Waals surface area contributed by atoms with Crippen molar-refractivity contribution >= 4 is 0 Å². The van der Waals surface area contributed by atoms with E-state index in [2.05, 4.69) is 0 Å². The molecule has 0 amide bonds. The molecule has 2 atom stereocenters. The van der Waals surface area contributed by atoms with Gasteiger partial charge in [-0.1, -0.05) is 25.0 Å². The molecule has 2 N–H and O–H groups in total. The van der Waals surface area contributed by atoms with Gasteiger partial charge in [0.1, 0.15) is 11.9 Å². The van der Waals surface area contributed by atoms with Gasteiger partial charge in [-0.15, -0.1) is 0 Å². The summed E-state index contributed by atoms with van der Waals surface area (Å²) in [6.07, 6.45) is -0.174. The van der Waals surface area contributed by atoms with Crippen molar-refractivity contribution in [2.24, 2.45) is 5.73 Å². The predicted octanol–water partition coefficient (Wildman–Crippen LogP) is 3.74. The minimum absolute atomic E-state index is 0.114. The molecular formula is C14H18F3NO. The second kappa shape index (κ2) is 5.82. The molecule has 0 heterocycles. The molecule has 0 radical (unpaired) electrons. The van der Waals surface area contributed by atoms with Crippen LogP contribution in [0.15, 0.2) is 24.3 Å². The molecule has 0 aliphatic heterocycles. The van der Waals surface area contributed by atoms with Crippen molar-refractivity contribution in [2.45, 2.75) is 50.4 Å². The molecule has 0 aromatic heterocycles. The summed E-state index contributed by atoms with van der Waals surface area (Å²) in [5, 5.41) is 0. The Hall–Kier alpha value is -1.23. The topological polar surface area (TPSA) is 35.2 Å². The van der Waals surface area contributed by atoms with Crippen LogP contribution in [-0.4, -0.2) is 12.1 Å². The quantitative estimate of drug-likeness (QED) is 0.833. The highest BCUT2D eigenvalue weighted by Gasteiger charge is 2.35. The van der Waals surface area contributed by atoms with E-state index in [1.807, 2.05) is 0 Å². The first kappa shape index (κ1) is 14.2. The number of rotatable bonds is 2. The Balaban J connectivity index is 2.18. The zero-order valence-electron chi connectivity index (χ0n) is 10.6. The summed E-state index contributed by atoms with van der Waals surface area (Å²) in [6.45, 7) is 0. The maximum Gasteiger partial charge on any atom is 0.419 e. The van der Waals surface area contributed by atoms with Crippen molar-refractivity contribution < 1.29 is 17.9 Å². The highest BCUT2D eigenvalue weighted by atomic mass is 19.4. The van der Waals surface area contributed by atoms with E-state index in [1.165, 1.54) is 12.1 Å². The third kappa shape index (κ3) is 3.62. The molecule has 1 saturated carbocycles. The molecule has 2 nitrogen and oxygen atoms in total. The Morgan fingerprint density at radius 1 is 1.05 bits per heavy atom. The lowest BCUT2D eigenvalue weighted by atomic mass is 10.1. The van der Waals surface area contributed by atoms with Gasteiger partial charge in [0, 0.05) is 6.04 Å². The third-order valence-electron chi connectivity index (χ3n) is 3.47. The van der Waals surface area contributed by atoms with Crippen LogP contribution in [-0.2, 0) is 6.18 Å². The number of nitrogens with two attached hydrogens (primary N) is 1. The number of halogens is 3. The molecule has 0 bridgehead atoms. The summed E-state index contributed by atoms with van der Waals surface area (Å²) in [5.41, 5.74) is 5.25. The van der Waals surface area contributed by atoms with E-state index in [4.69, 9.17) is 10.5 Å². The molecule has 2 rings (SSSR count). The molecule has 1 fully saturated rings. The van der Waals surface area contributed by atoms with Crippen molar-refractivity contribution in [3.8, 4) is 5.75 Å². The van der Waals surface area contributed by atoms with Crippen LogP contribution < -0.4 is 10.5 Å². The van der Waals surface area contributed by atoms with Gasteiger partial charge in [-0.3, -0.25) is 0 Å². The average molecular weight is 273 g/mol. The van der Waals surface area contributed by atoms with Gasteiger partial charge < -0.3 is 10.5 Å². The first-order valence-corrected chi connectivity index (χ1v) is 6.57. The predicted molar refractivity (Wildman–Crippen MR) is 66.9 cm³/mol. The maximum absolute atomic E-state index is 12.9. The molecular weight excluding hydrogens is 255 g/mol. The van der Waals surface area contributed by atoms with Crippen LogP contribution in [0.5, 0.6) is 5.75 Å². The summed E-state index contributed by atoms with van der Waals surface area (Å²) < 4.78 is 44.2. The van der Waals surface area contributed by atoms with Crippen LogP contribution in [0.3, 0.4) is 0 Å². The number of hydrogen-bond donors (Lipinski definition) is 1. The Morgan fingerprint density at radius 3 is 2.47 bits per heavy atom. The van der Waals surface area contributed by atoms with Crippen LogP contribution >= 0.6 is 0 Å². The Bertz CT molecular complexity index is 419. The fraction of sp³-hybridized carbons (Fsp3) is 0.571. The van der Waals surface area contributed by atoms with Crippen LogP contribution in [0.2, 0.25) is 0 Å². The van der Waals surface area contributed by atoms with Gasteiger partial charge in [0.2, 0.25) is 0 Å².